The van der Waals surface area contributed by atoms with Crippen molar-refractivity contribution in [3.05, 3.63) is 23.5 Å². The lowest BCUT2D eigenvalue weighted by Crippen LogP contribution is -2.36. The lowest BCUT2D eigenvalue weighted by atomic mass is 9.78. The van der Waals surface area contributed by atoms with E-state index in [9.17, 15) is 0 Å². The molecule has 2 heterocycles. The summed E-state index contributed by atoms with van der Waals surface area (Å²) in [5.41, 5.74) is 1.45. The number of nitrogens with zero attached hydrogens (tertiary/aromatic N) is 1. The Bertz CT molecular complexity index is 484. The maximum Gasteiger partial charge on any atom is 0.135 e. The van der Waals surface area contributed by atoms with Gasteiger partial charge in [0.05, 0.1) is 5.54 Å². The molecular weight excluding hydrogens is 234 g/mol. The Morgan fingerprint density at radius 3 is 2.47 bits per heavy atom. The van der Waals surface area contributed by atoms with Gasteiger partial charge in [-0.15, -0.1) is 11.5 Å². The molecule has 0 bridgehead atoms. The summed E-state index contributed by atoms with van der Waals surface area (Å²) in [7, 11) is 0. The molecule has 1 fully saturated rings. The molecule has 0 spiro atoms. The number of hydroxylamine groups is 2. The molecular formula is C17H25NO. The zero-order chi connectivity index (χ0) is 14.5. The fourth-order valence-electron chi connectivity index (χ4n) is 3.33. The van der Waals surface area contributed by atoms with Crippen LogP contribution < -0.4 is 0 Å². The summed E-state index contributed by atoms with van der Waals surface area (Å²) < 4.78 is 0. The van der Waals surface area contributed by atoms with Crippen molar-refractivity contribution in [2.45, 2.75) is 53.5 Å². The molecule has 1 saturated heterocycles. The molecule has 0 saturated carbocycles. The molecule has 1 atom stereocenters. The van der Waals surface area contributed by atoms with Crippen molar-refractivity contribution in [3.8, 4) is 12.3 Å². The van der Waals surface area contributed by atoms with E-state index in [0.717, 1.165) is 18.7 Å². The summed E-state index contributed by atoms with van der Waals surface area (Å²) in [6.45, 7) is 14.3. The zero-order valence-corrected chi connectivity index (χ0v) is 13.0. The number of fused-ring (bicyclic) bond motifs is 1. The van der Waals surface area contributed by atoms with Gasteiger partial charge in [-0.25, -0.2) is 0 Å². The predicted molar refractivity (Wildman–Crippen MR) is 79.0 cm³/mol. The van der Waals surface area contributed by atoms with Crippen LogP contribution in [0.15, 0.2) is 23.5 Å². The van der Waals surface area contributed by atoms with Gasteiger partial charge in [0.15, 0.2) is 0 Å². The number of hydrogen-bond donors (Lipinski definition) is 0. The van der Waals surface area contributed by atoms with Gasteiger partial charge >= 0.3 is 0 Å². The Balaban J connectivity index is 2.50. The molecule has 2 aliphatic heterocycles. The third-order valence-corrected chi connectivity index (χ3v) is 4.00. The fraction of sp³-hybridized carbons (Fsp3) is 0.647. The van der Waals surface area contributed by atoms with E-state index in [4.69, 9.17) is 11.3 Å². The normalized spacial score (nSPS) is 30.6. The van der Waals surface area contributed by atoms with Crippen LogP contribution >= 0.6 is 0 Å². The standard InChI is InChI=1S/C17H25NO/c1-8-9-10-13-14(15(2,3)4)19-18-12-16(5,6)11-17(13,18)7/h1,9-10H,11-12H2,2-7H3/b10-9-. The third-order valence-electron chi connectivity index (χ3n) is 4.00. The van der Waals surface area contributed by atoms with Crippen molar-refractivity contribution in [2.24, 2.45) is 10.8 Å². The lowest BCUT2D eigenvalue weighted by Gasteiger charge is -2.26. The average molecular weight is 259 g/mol. The predicted octanol–water partition coefficient (Wildman–Crippen LogP) is 3.91. The van der Waals surface area contributed by atoms with Crippen molar-refractivity contribution in [1.82, 2.24) is 5.06 Å². The Hall–Kier alpha value is -1.20. The molecule has 2 rings (SSSR count). The highest BCUT2D eigenvalue weighted by molar-refractivity contribution is 5.41. The molecule has 2 heteroatoms. The van der Waals surface area contributed by atoms with Crippen LogP contribution in [0.2, 0.25) is 0 Å². The first kappa shape index (κ1) is 14.2. The minimum absolute atomic E-state index is 0.00817. The van der Waals surface area contributed by atoms with E-state index in [1.807, 2.05) is 0 Å². The molecule has 104 valence electrons. The number of rotatable bonds is 1. The first-order chi connectivity index (χ1) is 8.60. The average Bonchev–Trinajstić information content (AvgIpc) is 2.60. The van der Waals surface area contributed by atoms with Crippen LogP contribution in [-0.4, -0.2) is 17.1 Å². The highest BCUT2D eigenvalue weighted by Crippen LogP contribution is 2.53. The van der Waals surface area contributed by atoms with Crippen LogP contribution in [-0.2, 0) is 4.84 Å². The lowest BCUT2D eigenvalue weighted by molar-refractivity contribution is -0.141. The van der Waals surface area contributed by atoms with Crippen LogP contribution in [0.4, 0.5) is 0 Å². The quantitative estimate of drug-likeness (QED) is 0.662. The van der Waals surface area contributed by atoms with E-state index in [-0.39, 0.29) is 16.4 Å². The van der Waals surface area contributed by atoms with Crippen molar-refractivity contribution in [3.63, 3.8) is 0 Å². The summed E-state index contributed by atoms with van der Waals surface area (Å²) in [6.07, 6.45) is 10.3. The summed E-state index contributed by atoms with van der Waals surface area (Å²) in [5.74, 6) is 3.65. The Morgan fingerprint density at radius 1 is 1.32 bits per heavy atom. The maximum atomic E-state index is 6.19. The van der Waals surface area contributed by atoms with Gasteiger partial charge in [0, 0.05) is 17.5 Å². The van der Waals surface area contributed by atoms with Gasteiger partial charge in [0.1, 0.15) is 5.76 Å². The minimum Gasteiger partial charge on any atom is -0.409 e. The summed E-state index contributed by atoms with van der Waals surface area (Å²) in [6, 6.07) is 0. The van der Waals surface area contributed by atoms with Gasteiger partial charge in [-0.3, -0.25) is 0 Å². The summed E-state index contributed by atoms with van der Waals surface area (Å²) in [5, 5.41) is 2.14. The van der Waals surface area contributed by atoms with Crippen molar-refractivity contribution in [1.29, 1.82) is 0 Å². The smallest absolute Gasteiger partial charge is 0.135 e. The van der Waals surface area contributed by atoms with Gasteiger partial charge in [-0.05, 0) is 30.9 Å². The SMILES string of the molecule is C#C/C=C\C1=C(C(C)(C)C)ON2CC(C)(C)CC12C. The van der Waals surface area contributed by atoms with Crippen LogP contribution in [0.25, 0.3) is 0 Å². The van der Waals surface area contributed by atoms with Crippen molar-refractivity contribution < 1.29 is 4.84 Å². The van der Waals surface area contributed by atoms with Gasteiger partial charge in [-0.2, -0.15) is 0 Å². The summed E-state index contributed by atoms with van der Waals surface area (Å²) >= 11 is 0. The first-order valence-corrected chi connectivity index (χ1v) is 6.94. The minimum atomic E-state index is -0.0561. The summed E-state index contributed by atoms with van der Waals surface area (Å²) in [4.78, 5) is 6.19. The number of terminal acetylenes is 1. The topological polar surface area (TPSA) is 12.5 Å². The van der Waals surface area contributed by atoms with Crippen molar-refractivity contribution >= 4 is 0 Å². The molecule has 0 aliphatic carbocycles. The molecule has 0 radical (unpaired) electrons. The van der Waals surface area contributed by atoms with E-state index >= 15 is 0 Å². The second-order valence-electron chi connectivity index (χ2n) is 7.74. The Kier molecular flexibility index (Phi) is 3.10. The van der Waals surface area contributed by atoms with Gasteiger partial charge in [0.25, 0.3) is 0 Å². The van der Waals surface area contributed by atoms with Gasteiger partial charge in [0.2, 0.25) is 0 Å². The zero-order valence-electron chi connectivity index (χ0n) is 13.0. The monoisotopic (exact) mass is 259 g/mol. The molecule has 0 aromatic heterocycles. The third kappa shape index (κ3) is 2.32. The highest BCUT2D eigenvalue weighted by Gasteiger charge is 2.55. The number of allylic oxidation sites excluding steroid dienone is 2. The van der Waals surface area contributed by atoms with Gasteiger partial charge < -0.3 is 4.84 Å². The van der Waals surface area contributed by atoms with Gasteiger partial charge in [-0.1, -0.05) is 40.5 Å². The second-order valence-corrected chi connectivity index (χ2v) is 7.74. The fourth-order valence-corrected chi connectivity index (χ4v) is 3.33. The second kappa shape index (κ2) is 4.15. The maximum absolute atomic E-state index is 6.19. The van der Waals surface area contributed by atoms with E-state index in [2.05, 4.69) is 58.6 Å². The largest absolute Gasteiger partial charge is 0.409 e. The molecule has 19 heavy (non-hydrogen) atoms. The molecule has 0 aromatic carbocycles. The van der Waals surface area contributed by atoms with E-state index in [1.165, 1.54) is 5.57 Å². The van der Waals surface area contributed by atoms with Crippen LogP contribution in [0.5, 0.6) is 0 Å². The molecule has 2 aliphatic rings. The van der Waals surface area contributed by atoms with Crippen LogP contribution in [0.3, 0.4) is 0 Å². The van der Waals surface area contributed by atoms with Crippen molar-refractivity contribution in [2.75, 3.05) is 6.54 Å². The first-order valence-electron chi connectivity index (χ1n) is 6.94. The van der Waals surface area contributed by atoms with E-state index < -0.39 is 0 Å². The Labute approximate surface area is 117 Å². The van der Waals surface area contributed by atoms with E-state index in [1.54, 1.807) is 6.08 Å². The van der Waals surface area contributed by atoms with E-state index in [0.29, 0.717) is 0 Å². The highest BCUT2D eigenvalue weighted by atomic mass is 16.7. The molecule has 0 amide bonds. The number of hydrogen-bond acceptors (Lipinski definition) is 2. The molecule has 0 N–H and O–H groups in total. The molecule has 0 aromatic rings. The molecule has 2 nitrogen and oxygen atoms in total. The van der Waals surface area contributed by atoms with Crippen LogP contribution in [0, 0.1) is 23.2 Å². The van der Waals surface area contributed by atoms with Crippen LogP contribution in [0.1, 0.15) is 48.0 Å². The molecule has 1 unspecified atom stereocenters. The Morgan fingerprint density at radius 2 is 1.95 bits per heavy atom.